The molecule has 0 atom stereocenters. The van der Waals surface area contributed by atoms with Crippen LogP contribution in [0.2, 0.25) is 0 Å². The highest BCUT2D eigenvalue weighted by molar-refractivity contribution is 5.47. The Kier molecular flexibility index (Phi) is 4.70. The molecule has 0 bridgehead atoms. The molecule has 98 valence electrons. The van der Waals surface area contributed by atoms with Gasteiger partial charge in [-0.15, -0.1) is 0 Å². The van der Waals surface area contributed by atoms with Gasteiger partial charge in [-0.2, -0.15) is 10.5 Å². The summed E-state index contributed by atoms with van der Waals surface area (Å²) in [5.74, 6) is 0. The molecular formula is C16H14N4. The van der Waals surface area contributed by atoms with Gasteiger partial charge in [0.15, 0.2) is 0 Å². The van der Waals surface area contributed by atoms with Crippen molar-refractivity contribution in [2.24, 2.45) is 0 Å². The van der Waals surface area contributed by atoms with E-state index in [0.29, 0.717) is 25.2 Å². The molecule has 2 rings (SSSR count). The highest BCUT2D eigenvalue weighted by Crippen LogP contribution is 2.18. The minimum Gasteiger partial charge on any atom is -0.366 e. The second-order valence-electron chi connectivity index (χ2n) is 4.29. The zero-order valence-corrected chi connectivity index (χ0v) is 11.0. The second kappa shape index (κ2) is 6.92. The smallest absolute Gasteiger partial charge is 0.145 e. The van der Waals surface area contributed by atoms with E-state index >= 15 is 0 Å². The van der Waals surface area contributed by atoms with Gasteiger partial charge in [0.1, 0.15) is 11.8 Å². The summed E-state index contributed by atoms with van der Waals surface area (Å²) < 4.78 is 0. The highest BCUT2D eigenvalue weighted by Gasteiger charge is 2.10. The van der Waals surface area contributed by atoms with Crippen LogP contribution in [0.3, 0.4) is 0 Å². The summed E-state index contributed by atoms with van der Waals surface area (Å²) in [5.41, 5.74) is 2.35. The minimum atomic E-state index is 0.436. The standard InChI is InChI=1S/C16H14N4/c17-9-5-11-20(15-7-2-1-3-8-15)13-14-6-4-10-19-16(14)12-18/h1-4,6-8,10H,5,11,13H2. The number of nitriles is 2. The van der Waals surface area contributed by atoms with E-state index in [-0.39, 0.29) is 0 Å². The molecule has 0 amide bonds. The Morgan fingerprint density at radius 2 is 1.85 bits per heavy atom. The summed E-state index contributed by atoms with van der Waals surface area (Å²) in [6.45, 7) is 1.20. The van der Waals surface area contributed by atoms with Gasteiger partial charge in [-0.25, -0.2) is 4.98 Å². The van der Waals surface area contributed by atoms with Gasteiger partial charge >= 0.3 is 0 Å². The Morgan fingerprint density at radius 3 is 2.55 bits per heavy atom. The van der Waals surface area contributed by atoms with Gasteiger partial charge in [0.2, 0.25) is 0 Å². The summed E-state index contributed by atoms with van der Waals surface area (Å²) in [6, 6.07) is 17.9. The average molecular weight is 262 g/mol. The minimum absolute atomic E-state index is 0.436. The second-order valence-corrected chi connectivity index (χ2v) is 4.29. The van der Waals surface area contributed by atoms with Crippen LogP contribution in [0, 0.1) is 22.7 Å². The number of benzene rings is 1. The average Bonchev–Trinajstić information content (AvgIpc) is 2.52. The molecule has 0 aliphatic rings. The van der Waals surface area contributed by atoms with E-state index < -0.39 is 0 Å². The van der Waals surface area contributed by atoms with Crippen molar-refractivity contribution < 1.29 is 0 Å². The zero-order valence-electron chi connectivity index (χ0n) is 11.0. The van der Waals surface area contributed by atoms with E-state index in [1.807, 2.05) is 42.5 Å². The SMILES string of the molecule is N#CCCN(Cc1cccnc1C#N)c1ccccc1. The van der Waals surface area contributed by atoms with Crippen LogP contribution in [0.1, 0.15) is 17.7 Å². The number of pyridine rings is 1. The molecule has 0 N–H and O–H groups in total. The molecule has 0 fully saturated rings. The highest BCUT2D eigenvalue weighted by atomic mass is 15.1. The lowest BCUT2D eigenvalue weighted by atomic mass is 10.1. The van der Waals surface area contributed by atoms with E-state index in [0.717, 1.165) is 11.3 Å². The van der Waals surface area contributed by atoms with Gasteiger partial charge in [0.05, 0.1) is 12.5 Å². The first-order chi connectivity index (χ1) is 9.85. The van der Waals surface area contributed by atoms with E-state index in [2.05, 4.69) is 22.0 Å². The van der Waals surface area contributed by atoms with Gasteiger partial charge in [0, 0.05) is 30.5 Å². The largest absolute Gasteiger partial charge is 0.366 e. The summed E-state index contributed by atoms with van der Waals surface area (Å²) in [5, 5.41) is 17.9. The lowest BCUT2D eigenvalue weighted by Crippen LogP contribution is -2.24. The van der Waals surface area contributed by atoms with Crippen LogP contribution in [0.15, 0.2) is 48.7 Å². The van der Waals surface area contributed by atoms with Crippen LogP contribution in [-0.2, 0) is 6.54 Å². The quantitative estimate of drug-likeness (QED) is 0.831. The predicted molar refractivity (Wildman–Crippen MR) is 76.7 cm³/mol. The third-order valence-electron chi connectivity index (χ3n) is 2.97. The number of aromatic nitrogens is 1. The Bertz CT molecular complexity index is 638. The van der Waals surface area contributed by atoms with Crippen molar-refractivity contribution in [2.45, 2.75) is 13.0 Å². The molecule has 0 spiro atoms. The number of anilines is 1. The Balaban J connectivity index is 2.25. The molecular weight excluding hydrogens is 248 g/mol. The van der Waals surface area contributed by atoms with E-state index in [4.69, 9.17) is 10.5 Å². The monoisotopic (exact) mass is 262 g/mol. The maximum atomic E-state index is 9.09. The van der Waals surface area contributed by atoms with Crippen molar-refractivity contribution in [3.8, 4) is 12.1 Å². The van der Waals surface area contributed by atoms with E-state index in [9.17, 15) is 0 Å². The van der Waals surface area contributed by atoms with Crippen molar-refractivity contribution in [3.05, 3.63) is 59.9 Å². The molecule has 0 saturated heterocycles. The van der Waals surface area contributed by atoms with Crippen molar-refractivity contribution in [1.82, 2.24) is 4.98 Å². The predicted octanol–water partition coefficient (Wildman–Crippen LogP) is 2.87. The first kappa shape index (κ1) is 13.6. The summed E-state index contributed by atoms with van der Waals surface area (Å²) >= 11 is 0. The fourth-order valence-electron chi connectivity index (χ4n) is 2.00. The van der Waals surface area contributed by atoms with Gasteiger partial charge in [-0.05, 0) is 18.2 Å². The normalized spacial score (nSPS) is 9.50. The third-order valence-corrected chi connectivity index (χ3v) is 2.97. The van der Waals surface area contributed by atoms with Crippen LogP contribution in [0.25, 0.3) is 0 Å². The van der Waals surface area contributed by atoms with Gasteiger partial charge in [0.25, 0.3) is 0 Å². The number of para-hydroxylation sites is 1. The van der Waals surface area contributed by atoms with Crippen LogP contribution >= 0.6 is 0 Å². The van der Waals surface area contributed by atoms with Gasteiger partial charge in [-0.1, -0.05) is 24.3 Å². The van der Waals surface area contributed by atoms with Crippen molar-refractivity contribution in [3.63, 3.8) is 0 Å². The molecule has 1 heterocycles. The zero-order chi connectivity index (χ0) is 14.2. The molecule has 1 aromatic carbocycles. The molecule has 4 heteroatoms. The molecule has 0 saturated carbocycles. The van der Waals surface area contributed by atoms with E-state index in [1.165, 1.54) is 0 Å². The molecule has 20 heavy (non-hydrogen) atoms. The summed E-state index contributed by atoms with van der Waals surface area (Å²) in [6.07, 6.45) is 2.06. The molecule has 0 aliphatic heterocycles. The fraction of sp³-hybridized carbons (Fsp3) is 0.188. The molecule has 0 unspecified atom stereocenters. The van der Waals surface area contributed by atoms with Crippen LogP contribution < -0.4 is 4.90 Å². The number of hydrogen-bond donors (Lipinski definition) is 0. The molecule has 0 aliphatic carbocycles. The number of hydrogen-bond acceptors (Lipinski definition) is 4. The summed E-state index contributed by atoms with van der Waals surface area (Å²) in [4.78, 5) is 6.16. The summed E-state index contributed by atoms with van der Waals surface area (Å²) in [7, 11) is 0. The Labute approximate surface area is 118 Å². The molecule has 0 radical (unpaired) electrons. The maximum Gasteiger partial charge on any atom is 0.145 e. The topological polar surface area (TPSA) is 63.7 Å². The van der Waals surface area contributed by atoms with Crippen LogP contribution in [-0.4, -0.2) is 11.5 Å². The number of rotatable bonds is 5. The fourth-order valence-corrected chi connectivity index (χ4v) is 2.00. The maximum absolute atomic E-state index is 9.09. The molecule has 2 aromatic rings. The first-order valence-electron chi connectivity index (χ1n) is 6.36. The lowest BCUT2D eigenvalue weighted by molar-refractivity contribution is 0.793. The van der Waals surface area contributed by atoms with Crippen LogP contribution in [0.5, 0.6) is 0 Å². The molecule has 1 aromatic heterocycles. The van der Waals surface area contributed by atoms with E-state index in [1.54, 1.807) is 6.20 Å². The van der Waals surface area contributed by atoms with Gasteiger partial charge in [-0.3, -0.25) is 0 Å². The molecule has 4 nitrogen and oxygen atoms in total. The third kappa shape index (κ3) is 3.34. The Hall–Kier alpha value is -2.85. The van der Waals surface area contributed by atoms with Crippen molar-refractivity contribution >= 4 is 5.69 Å². The van der Waals surface area contributed by atoms with Crippen LogP contribution in [0.4, 0.5) is 5.69 Å². The lowest BCUT2D eigenvalue weighted by Gasteiger charge is -2.24. The Morgan fingerprint density at radius 1 is 1.05 bits per heavy atom. The van der Waals surface area contributed by atoms with Crippen molar-refractivity contribution in [2.75, 3.05) is 11.4 Å². The first-order valence-corrected chi connectivity index (χ1v) is 6.36. The van der Waals surface area contributed by atoms with Gasteiger partial charge < -0.3 is 4.90 Å². The van der Waals surface area contributed by atoms with Crippen molar-refractivity contribution in [1.29, 1.82) is 10.5 Å². The number of nitrogens with zero attached hydrogens (tertiary/aromatic N) is 4.